The van der Waals surface area contributed by atoms with Crippen molar-refractivity contribution in [3.05, 3.63) is 59.7 Å². The predicted molar refractivity (Wildman–Crippen MR) is 154 cm³/mol. The van der Waals surface area contributed by atoms with Gasteiger partial charge in [-0.3, -0.25) is 19.6 Å². The second kappa shape index (κ2) is 12.2. The minimum absolute atomic E-state index is 0.210. The summed E-state index contributed by atoms with van der Waals surface area (Å²) >= 11 is 0. The van der Waals surface area contributed by atoms with Gasteiger partial charge in [-0.1, -0.05) is 24.3 Å². The van der Waals surface area contributed by atoms with Gasteiger partial charge in [-0.25, -0.2) is 0 Å². The minimum atomic E-state index is 0.210. The quantitative estimate of drug-likeness (QED) is 0.498. The number of hydrogen-bond donors (Lipinski definition) is 0. The van der Waals surface area contributed by atoms with Gasteiger partial charge in [-0.2, -0.15) is 0 Å². The highest BCUT2D eigenvalue weighted by Crippen LogP contribution is 2.21. The third-order valence-corrected chi connectivity index (χ3v) is 7.70. The molecule has 0 saturated carbocycles. The van der Waals surface area contributed by atoms with Crippen LogP contribution in [0.15, 0.2) is 48.5 Å². The van der Waals surface area contributed by atoms with E-state index < -0.39 is 0 Å². The smallest absolute Gasteiger partial charge is 0.529 e. The summed E-state index contributed by atoms with van der Waals surface area (Å²) in [6.07, 6.45) is 0. The Kier molecular flexibility index (Phi) is 9.22. The Morgan fingerprint density at radius 2 is 0.973 bits per heavy atom. The van der Waals surface area contributed by atoms with E-state index in [-0.39, 0.29) is 18.8 Å². The summed E-state index contributed by atoms with van der Waals surface area (Å²) in [7, 11) is 0.210. The van der Waals surface area contributed by atoms with Crippen molar-refractivity contribution in [2.24, 2.45) is 0 Å². The summed E-state index contributed by atoms with van der Waals surface area (Å²) in [5, 5.41) is 0. The third kappa shape index (κ3) is 8.47. The number of hydrogen-bond acceptors (Lipinski definition) is 6. The first-order chi connectivity index (χ1) is 17.6. The minimum Gasteiger partial charge on any atom is -0.529 e. The van der Waals surface area contributed by atoms with Crippen molar-refractivity contribution in [3.8, 4) is 11.5 Å². The summed E-state index contributed by atoms with van der Waals surface area (Å²) in [5.41, 5.74) is 3.08. The van der Waals surface area contributed by atoms with Gasteiger partial charge in [0.05, 0.1) is 0 Å². The van der Waals surface area contributed by atoms with Crippen molar-refractivity contribution < 1.29 is 9.31 Å². The standard InChI is InChI=1S/C30H47BN4O2/c1-29(2,3)34-17-13-32(14-18-34)23-25-9-7-11-27(21-25)36-31-37-28-12-8-10-26(22-28)24-33-15-19-35(20-16-33)30(4,5)6/h7-12,21-22,31H,13-20,23-24H2,1-6H3. The molecule has 2 saturated heterocycles. The normalized spacial score (nSPS) is 19.1. The number of benzene rings is 2. The highest BCUT2D eigenvalue weighted by Gasteiger charge is 2.26. The number of rotatable bonds is 8. The Balaban J connectivity index is 1.21. The van der Waals surface area contributed by atoms with E-state index in [1.54, 1.807) is 0 Å². The van der Waals surface area contributed by atoms with Crippen molar-refractivity contribution in [3.63, 3.8) is 0 Å². The lowest BCUT2D eigenvalue weighted by atomic mass is 10.0. The lowest BCUT2D eigenvalue weighted by Gasteiger charge is -2.42. The molecule has 0 N–H and O–H groups in total. The molecule has 0 aromatic heterocycles. The Labute approximate surface area is 225 Å². The molecule has 2 aromatic carbocycles. The maximum atomic E-state index is 5.97. The lowest BCUT2D eigenvalue weighted by Crippen LogP contribution is -2.53. The summed E-state index contributed by atoms with van der Waals surface area (Å²) in [6, 6.07) is 16.9. The topological polar surface area (TPSA) is 31.4 Å². The van der Waals surface area contributed by atoms with Crippen molar-refractivity contribution in [1.29, 1.82) is 0 Å². The van der Waals surface area contributed by atoms with Gasteiger partial charge in [0.15, 0.2) is 0 Å². The molecule has 6 nitrogen and oxygen atoms in total. The van der Waals surface area contributed by atoms with Gasteiger partial charge in [-0.15, -0.1) is 0 Å². The Bertz CT molecular complexity index is 908. The molecule has 4 rings (SSSR count). The highest BCUT2D eigenvalue weighted by atomic mass is 16.6. The number of nitrogens with zero attached hydrogens (tertiary/aromatic N) is 4. The van der Waals surface area contributed by atoms with Crippen LogP contribution in [-0.2, 0) is 13.1 Å². The van der Waals surface area contributed by atoms with Crippen LogP contribution in [0, 0.1) is 0 Å². The Hall–Kier alpha value is -2.06. The predicted octanol–water partition coefficient (Wildman–Crippen LogP) is 4.24. The molecule has 2 fully saturated rings. The Morgan fingerprint density at radius 1 is 0.595 bits per heavy atom. The van der Waals surface area contributed by atoms with Crippen LogP contribution in [0.4, 0.5) is 0 Å². The van der Waals surface area contributed by atoms with Gasteiger partial charge in [0.25, 0.3) is 0 Å². The number of piperazine rings is 2. The average Bonchev–Trinajstić information content (AvgIpc) is 2.84. The molecule has 0 bridgehead atoms. The van der Waals surface area contributed by atoms with Crippen LogP contribution >= 0.6 is 0 Å². The van der Waals surface area contributed by atoms with Crippen molar-refractivity contribution in [2.45, 2.75) is 65.7 Å². The molecule has 0 aliphatic carbocycles. The van der Waals surface area contributed by atoms with Crippen molar-refractivity contribution >= 4 is 7.69 Å². The molecule has 0 radical (unpaired) electrons. The highest BCUT2D eigenvalue weighted by molar-refractivity contribution is 6.20. The van der Waals surface area contributed by atoms with Gasteiger partial charge >= 0.3 is 7.69 Å². The molecule has 202 valence electrons. The van der Waals surface area contributed by atoms with Crippen LogP contribution in [0.2, 0.25) is 0 Å². The molecule has 37 heavy (non-hydrogen) atoms. The molecule has 2 aromatic rings. The van der Waals surface area contributed by atoms with Crippen LogP contribution in [0.5, 0.6) is 11.5 Å². The second-order valence-corrected chi connectivity index (χ2v) is 12.6. The SMILES string of the molecule is CC(C)(C)N1CCN(Cc2cccc(OBOc3cccc(CN4CCN(C(C)(C)C)CC4)c3)c2)CC1. The summed E-state index contributed by atoms with van der Waals surface area (Å²) in [4.78, 5) is 10.2. The van der Waals surface area contributed by atoms with E-state index in [4.69, 9.17) is 9.31 Å². The van der Waals surface area contributed by atoms with Crippen LogP contribution in [0.3, 0.4) is 0 Å². The third-order valence-electron chi connectivity index (χ3n) is 7.70. The maximum absolute atomic E-state index is 5.97. The van der Waals surface area contributed by atoms with Crippen molar-refractivity contribution in [2.75, 3.05) is 52.4 Å². The van der Waals surface area contributed by atoms with E-state index in [2.05, 4.69) is 97.5 Å². The average molecular weight is 507 g/mol. The zero-order valence-electron chi connectivity index (χ0n) is 24.0. The second-order valence-electron chi connectivity index (χ2n) is 12.6. The molecule has 0 amide bonds. The van der Waals surface area contributed by atoms with Gasteiger partial charge in [0.2, 0.25) is 0 Å². The summed E-state index contributed by atoms with van der Waals surface area (Å²) in [5.74, 6) is 1.72. The molecular weight excluding hydrogens is 459 g/mol. The van der Waals surface area contributed by atoms with E-state index in [0.29, 0.717) is 0 Å². The maximum Gasteiger partial charge on any atom is 0.576 e. The van der Waals surface area contributed by atoms with E-state index >= 15 is 0 Å². The summed E-state index contributed by atoms with van der Waals surface area (Å²) < 4.78 is 11.9. The van der Waals surface area contributed by atoms with Gasteiger partial charge in [0, 0.05) is 76.5 Å². The van der Waals surface area contributed by atoms with Crippen LogP contribution in [-0.4, -0.2) is 90.7 Å². The summed E-state index contributed by atoms with van der Waals surface area (Å²) in [6.45, 7) is 24.7. The fraction of sp³-hybridized carbons (Fsp3) is 0.600. The largest absolute Gasteiger partial charge is 0.576 e. The van der Waals surface area contributed by atoms with Gasteiger partial charge in [-0.05, 0) is 76.9 Å². The van der Waals surface area contributed by atoms with E-state index in [1.807, 2.05) is 12.1 Å². The van der Waals surface area contributed by atoms with Crippen LogP contribution in [0.25, 0.3) is 0 Å². The molecule has 2 heterocycles. The first-order valence-corrected chi connectivity index (χ1v) is 13.9. The van der Waals surface area contributed by atoms with Crippen molar-refractivity contribution in [1.82, 2.24) is 19.6 Å². The molecule has 2 aliphatic heterocycles. The first kappa shape index (κ1) is 28.0. The molecule has 0 unspecified atom stereocenters. The molecule has 7 heteroatoms. The Morgan fingerprint density at radius 3 is 1.32 bits per heavy atom. The van der Waals surface area contributed by atoms with Crippen LogP contribution < -0.4 is 9.31 Å². The zero-order chi connectivity index (χ0) is 26.5. The van der Waals surface area contributed by atoms with E-state index in [0.717, 1.165) is 76.9 Å². The monoisotopic (exact) mass is 506 g/mol. The van der Waals surface area contributed by atoms with E-state index in [1.165, 1.54) is 11.1 Å². The first-order valence-electron chi connectivity index (χ1n) is 13.9. The molecular formula is C30H47BN4O2. The van der Waals surface area contributed by atoms with E-state index in [9.17, 15) is 0 Å². The fourth-order valence-corrected chi connectivity index (χ4v) is 5.30. The molecule has 0 atom stereocenters. The molecule has 0 spiro atoms. The molecule has 2 aliphatic rings. The lowest BCUT2D eigenvalue weighted by molar-refractivity contribution is 0.0590. The van der Waals surface area contributed by atoms with Crippen LogP contribution in [0.1, 0.15) is 52.7 Å². The fourth-order valence-electron chi connectivity index (χ4n) is 5.30. The zero-order valence-corrected chi connectivity index (χ0v) is 24.0. The van der Waals surface area contributed by atoms with Gasteiger partial charge < -0.3 is 9.31 Å². The van der Waals surface area contributed by atoms with Gasteiger partial charge in [0.1, 0.15) is 11.5 Å².